The summed E-state index contributed by atoms with van der Waals surface area (Å²) in [6, 6.07) is 21.2. The molecule has 220 valence electrons. The van der Waals surface area contributed by atoms with Gasteiger partial charge in [-0.3, -0.25) is 4.79 Å². The van der Waals surface area contributed by atoms with E-state index in [1.165, 1.54) is 17.5 Å². The Morgan fingerprint density at radius 2 is 1.63 bits per heavy atom. The maximum absolute atomic E-state index is 13.2. The lowest BCUT2D eigenvalue weighted by Gasteiger charge is -2.50. The van der Waals surface area contributed by atoms with Crippen molar-refractivity contribution in [2.45, 2.75) is 62.5 Å². The van der Waals surface area contributed by atoms with E-state index in [2.05, 4.69) is 89.8 Å². The Kier molecular flexibility index (Phi) is 8.67. The van der Waals surface area contributed by atoms with E-state index in [1.54, 1.807) is 14.2 Å². The molecular weight excluding hydrogens is 602 g/mol. The van der Waals surface area contributed by atoms with E-state index >= 15 is 0 Å². The second kappa shape index (κ2) is 11.8. The zero-order valence-corrected chi connectivity index (χ0v) is 27.3. The highest BCUT2D eigenvalue weighted by Gasteiger charge is 2.59. The first kappa shape index (κ1) is 30.2. The number of aromatic nitrogens is 1. The number of ether oxygens (including phenoxy) is 4. The fourth-order valence-electron chi connectivity index (χ4n) is 7.06. The summed E-state index contributed by atoms with van der Waals surface area (Å²) in [5, 5.41) is 2.27. The number of nitrogens with zero attached hydrogens (tertiary/aromatic N) is 1. The lowest BCUT2D eigenvalue weighted by Crippen LogP contribution is -2.67. The van der Waals surface area contributed by atoms with Crippen LogP contribution in [0.25, 0.3) is 0 Å². The molecule has 0 amide bonds. The second-order valence-corrected chi connectivity index (χ2v) is 17.0. The van der Waals surface area contributed by atoms with Crippen molar-refractivity contribution in [2.75, 3.05) is 34.5 Å². The summed E-state index contributed by atoms with van der Waals surface area (Å²) < 4.78 is 34.5. The molecule has 3 heterocycles. The third-order valence-corrected chi connectivity index (χ3v) is 14.4. The Balaban J connectivity index is 1.60. The Morgan fingerprint density at radius 1 is 1.02 bits per heavy atom. The largest absolute Gasteiger partial charge is 0.491 e. The van der Waals surface area contributed by atoms with Gasteiger partial charge in [0.25, 0.3) is 8.32 Å². The highest BCUT2D eigenvalue weighted by molar-refractivity contribution is 9.10. The van der Waals surface area contributed by atoms with E-state index in [1.807, 2.05) is 18.3 Å². The SMILES string of the molecule is COc1c2n(cc(Br)c1=O)C1CCOC1C(CCO[Si](c1ccccc1)(c1ccccc1)C(C)(C)C)(OC)C2OC. The molecular formula is C32H40BrNO6Si. The van der Waals surface area contributed by atoms with Gasteiger partial charge in [0.2, 0.25) is 5.43 Å². The average molecular weight is 643 g/mol. The van der Waals surface area contributed by atoms with Gasteiger partial charge in [-0.15, -0.1) is 0 Å². The molecule has 0 aliphatic carbocycles. The molecule has 3 aromatic rings. The number of benzene rings is 2. The van der Waals surface area contributed by atoms with Crippen LogP contribution in [-0.4, -0.2) is 59.1 Å². The molecule has 4 unspecified atom stereocenters. The lowest BCUT2D eigenvalue weighted by atomic mass is 9.77. The van der Waals surface area contributed by atoms with Gasteiger partial charge in [-0.1, -0.05) is 81.4 Å². The lowest BCUT2D eigenvalue weighted by molar-refractivity contribution is -0.207. The minimum Gasteiger partial charge on any atom is -0.491 e. The van der Waals surface area contributed by atoms with Crippen LogP contribution in [0, 0.1) is 0 Å². The molecule has 5 rings (SSSR count). The van der Waals surface area contributed by atoms with Crippen LogP contribution in [0.3, 0.4) is 0 Å². The molecule has 9 heteroatoms. The van der Waals surface area contributed by atoms with E-state index in [0.717, 1.165) is 6.42 Å². The fraction of sp³-hybridized carbons (Fsp3) is 0.469. The molecule has 1 fully saturated rings. The number of halogens is 1. The maximum Gasteiger partial charge on any atom is 0.261 e. The summed E-state index contributed by atoms with van der Waals surface area (Å²) in [7, 11) is 2.09. The minimum absolute atomic E-state index is 0.0463. The summed E-state index contributed by atoms with van der Waals surface area (Å²) in [4.78, 5) is 13.2. The number of rotatable bonds is 9. The van der Waals surface area contributed by atoms with Crippen LogP contribution in [0.1, 0.15) is 51.5 Å². The van der Waals surface area contributed by atoms with Gasteiger partial charge in [0.1, 0.15) is 17.8 Å². The first-order valence-electron chi connectivity index (χ1n) is 14.1. The summed E-state index contributed by atoms with van der Waals surface area (Å²) in [5.41, 5.74) is -0.455. The molecule has 0 spiro atoms. The third-order valence-electron chi connectivity index (χ3n) is 8.83. The normalized spacial score (nSPS) is 24.1. The fourth-order valence-corrected chi connectivity index (χ4v) is 12.0. The summed E-state index contributed by atoms with van der Waals surface area (Å²) in [6.07, 6.45) is 2.20. The van der Waals surface area contributed by atoms with Crippen LogP contribution in [-0.2, 0) is 18.6 Å². The van der Waals surface area contributed by atoms with E-state index in [9.17, 15) is 4.79 Å². The monoisotopic (exact) mass is 641 g/mol. The molecule has 0 radical (unpaired) electrons. The van der Waals surface area contributed by atoms with Crippen molar-refractivity contribution in [3.05, 3.63) is 87.3 Å². The van der Waals surface area contributed by atoms with Crippen LogP contribution >= 0.6 is 15.9 Å². The first-order valence-corrected chi connectivity index (χ1v) is 16.8. The van der Waals surface area contributed by atoms with Gasteiger partial charge in [-0.05, 0) is 37.8 Å². The zero-order chi connectivity index (χ0) is 29.4. The maximum atomic E-state index is 13.2. The molecule has 2 aliphatic rings. The van der Waals surface area contributed by atoms with Crippen molar-refractivity contribution in [1.82, 2.24) is 4.57 Å². The Hall–Kier alpha value is -2.27. The summed E-state index contributed by atoms with van der Waals surface area (Å²) >= 11 is 3.44. The number of methoxy groups -OCH3 is 3. The highest BCUT2D eigenvalue weighted by Crippen LogP contribution is 2.52. The third kappa shape index (κ3) is 4.84. The van der Waals surface area contributed by atoms with Crippen LogP contribution in [0.15, 0.2) is 76.1 Å². The van der Waals surface area contributed by atoms with Crippen molar-refractivity contribution >= 4 is 34.6 Å². The van der Waals surface area contributed by atoms with Gasteiger partial charge in [0.15, 0.2) is 5.75 Å². The van der Waals surface area contributed by atoms with Gasteiger partial charge >= 0.3 is 0 Å². The minimum atomic E-state index is -2.77. The number of fused-ring (bicyclic) bond motifs is 3. The van der Waals surface area contributed by atoms with Gasteiger partial charge in [-0.2, -0.15) is 0 Å². The van der Waals surface area contributed by atoms with Crippen molar-refractivity contribution in [2.24, 2.45) is 0 Å². The highest BCUT2D eigenvalue weighted by atomic mass is 79.9. The summed E-state index contributed by atoms with van der Waals surface area (Å²) in [6.45, 7) is 7.80. The number of pyridine rings is 1. The zero-order valence-electron chi connectivity index (χ0n) is 24.7. The predicted molar refractivity (Wildman–Crippen MR) is 166 cm³/mol. The van der Waals surface area contributed by atoms with E-state index in [0.29, 0.717) is 29.8 Å². The molecule has 2 aromatic carbocycles. The summed E-state index contributed by atoms with van der Waals surface area (Å²) in [5.74, 6) is 0.255. The molecule has 41 heavy (non-hydrogen) atoms. The van der Waals surface area contributed by atoms with Crippen molar-refractivity contribution < 1.29 is 23.4 Å². The molecule has 0 saturated carbocycles. The number of hydrogen-bond acceptors (Lipinski definition) is 6. The van der Waals surface area contributed by atoms with Crippen LogP contribution in [0.5, 0.6) is 5.75 Å². The van der Waals surface area contributed by atoms with E-state index in [4.69, 9.17) is 23.4 Å². The molecule has 4 atom stereocenters. The van der Waals surface area contributed by atoms with Crippen LogP contribution in [0.2, 0.25) is 5.04 Å². The second-order valence-electron chi connectivity index (χ2n) is 11.8. The van der Waals surface area contributed by atoms with Crippen molar-refractivity contribution in [3.63, 3.8) is 0 Å². The van der Waals surface area contributed by atoms with Gasteiger partial charge in [0, 0.05) is 40.1 Å². The van der Waals surface area contributed by atoms with Gasteiger partial charge in [-0.25, -0.2) is 0 Å². The molecule has 2 aliphatic heterocycles. The molecule has 0 N–H and O–H groups in total. The molecule has 7 nitrogen and oxygen atoms in total. The van der Waals surface area contributed by atoms with E-state index < -0.39 is 20.0 Å². The van der Waals surface area contributed by atoms with Crippen molar-refractivity contribution in [1.29, 1.82) is 0 Å². The Morgan fingerprint density at radius 3 is 2.15 bits per heavy atom. The van der Waals surface area contributed by atoms with Crippen LogP contribution < -0.4 is 20.5 Å². The standard InChI is InChI=1S/C32H40BrNO6Si/c1-31(2,3)41(22-13-9-7-10-14-22,23-15-11-8-12-16-23)40-20-18-32(38-6)29-25(17-19-39-29)34-21-24(33)27(35)28(36-4)26(34)30(32)37-5/h7-16,21,25,29-30H,17-20H2,1-6H3. The molecule has 0 bridgehead atoms. The number of hydrogen-bond donors (Lipinski definition) is 0. The van der Waals surface area contributed by atoms with Crippen molar-refractivity contribution in [3.8, 4) is 5.75 Å². The van der Waals surface area contributed by atoms with E-state index in [-0.39, 0.29) is 28.4 Å². The van der Waals surface area contributed by atoms with Crippen LogP contribution in [0.4, 0.5) is 0 Å². The predicted octanol–water partition coefficient (Wildman–Crippen LogP) is 5.00. The molecule has 1 aromatic heterocycles. The van der Waals surface area contributed by atoms with Gasteiger partial charge in [0.05, 0.1) is 23.3 Å². The quantitative estimate of drug-likeness (QED) is 0.306. The smallest absolute Gasteiger partial charge is 0.261 e. The Bertz CT molecular complexity index is 1370. The van der Waals surface area contributed by atoms with Gasteiger partial charge < -0.3 is 27.9 Å². The average Bonchev–Trinajstić information content (AvgIpc) is 3.47. The Labute approximate surface area is 252 Å². The first-order chi connectivity index (χ1) is 19.7. The molecule has 1 saturated heterocycles. The topological polar surface area (TPSA) is 68.2 Å².